The van der Waals surface area contributed by atoms with Crippen molar-refractivity contribution in [2.45, 2.75) is 58.8 Å². The van der Waals surface area contributed by atoms with E-state index < -0.39 is 0 Å². The molecule has 0 radical (unpaired) electrons. The molecule has 0 saturated carbocycles. The fourth-order valence-electron chi connectivity index (χ4n) is 2.85. The summed E-state index contributed by atoms with van der Waals surface area (Å²) in [7, 11) is 0. The quantitative estimate of drug-likeness (QED) is 0.683. The Kier molecular flexibility index (Phi) is 8.15. The van der Waals surface area contributed by atoms with Crippen LogP contribution < -0.4 is 11.1 Å². The number of rotatable bonds is 9. The standard InChI is InChI=1S/C16H32N2O2/c1-3-4-14(7-10-17)5-6-15(19)18-13-16(2)8-11-20-12-9-16/h14H,3-13,17H2,1-2H3,(H,18,19). The first kappa shape index (κ1) is 17.4. The van der Waals surface area contributed by atoms with Crippen molar-refractivity contribution in [3.8, 4) is 0 Å². The second-order valence-corrected chi connectivity index (χ2v) is 6.47. The second-order valence-electron chi connectivity index (χ2n) is 6.47. The number of carbonyl (C=O) groups excluding carboxylic acids is 1. The Labute approximate surface area is 123 Å². The van der Waals surface area contributed by atoms with Gasteiger partial charge in [-0.05, 0) is 43.6 Å². The summed E-state index contributed by atoms with van der Waals surface area (Å²) in [6, 6.07) is 0. The van der Waals surface area contributed by atoms with Gasteiger partial charge in [0.15, 0.2) is 0 Å². The summed E-state index contributed by atoms with van der Waals surface area (Å²) < 4.78 is 5.38. The number of ether oxygens (including phenoxy) is 1. The molecule has 1 fully saturated rings. The van der Waals surface area contributed by atoms with Crippen molar-refractivity contribution in [1.29, 1.82) is 0 Å². The molecule has 20 heavy (non-hydrogen) atoms. The third kappa shape index (κ3) is 6.71. The molecule has 1 aliphatic rings. The number of nitrogens with one attached hydrogen (secondary N) is 1. The Hall–Kier alpha value is -0.610. The van der Waals surface area contributed by atoms with Crippen LogP contribution in [-0.2, 0) is 9.53 Å². The van der Waals surface area contributed by atoms with E-state index in [4.69, 9.17) is 10.5 Å². The largest absolute Gasteiger partial charge is 0.381 e. The van der Waals surface area contributed by atoms with E-state index in [2.05, 4.69) is 19.2 Å². The molecule has 0 spiro atoms. The minimum atomic E-state index is 0.191. The van der Waals surface area contributed by atoms with Gasteiger partial charge in [-0.1, -0.05) is 26.7 Å². The summed E-state index contributed by atoms with van der Waals surface area (Å²) in [5, 5.41) is 3.11. The van der Waals surface area contributed by atoms with E-state index in [0.717, 1.165) is 52.0 Å². The molecule has 118 valence electrons. The van der Waals surface area contributed by atoms with Crippen molar-refractivity contribution in [2.24, 2.45) is 17.1 Å². The Morgan fingerprint density at radius 1 is 1.30 bits per heavy atom. The van der Waals surface area contributed by atoms with E-state index in [0.29, 0.717) is 12.3 Å². The molecule has 0 aliphatic carbocycles. The molecule has 4 heteroatoms. The molecule has 0 bridgehead atoms. The molecule has 3 N–H and O–H groups in total. The zero-order valence-corrected chi connectivity index (χ0v) is 13.2. The van der Waals surface area contributed by atoms with Crippen LogP contribution >= 0.6 is 0 Å². The zero-order chi connectivity index (χ0) is 14.8. The maximum Gasteiger partial charge on any atom is 0.220 e. The van der Waals surface area contributed by atoms with Crippen LogP contribution in [0.1, 0.15) is 58.8 Å². The van der Waals surface area contributed by atoms with Gasteiger partial charge in [-0.25, -0.2) is 0 Å². The molecule has 0 aromatic carbocycles. The number of hydrogen-bond donors (Lipinski definition) is 2. The van der Waals surface area contributed by atoms with Gasteiger partial charge < -0.3 is 15.8 Å². The molecular weight excluding hydrogens is 252 g/mol. The van der Waals surface area contributed by atoms with Crippen LogP contribution in [0.4, 0.5) is 0 Å². The van der Waals surface area contributed by atoms with Gasteiger partial charge in [0.1, 0.15) is 0 Å². The maximum absolute atomic E-state index is 12.0. The predicted octanol–water partition coefficient (Wildman–Crippen LogP) is 2.46. The molecule has 1 amide bonds. The van der Waals surface area contributed by atoms with Crippen molar-refractivity contribution >= 4 is 5.91 Å². The summed E-state index contributed by atoms with van der Waals surface area (Å²) in [6.07, 6.45) is 7.08. The second kappa shape index (κ2) is 9.35. The van der Waals surface area contributed by atoms with E-state index in [1.807, 2.05) is 0 Å². The number of hydrogen-bond acceptors (Lipinski definition) is 3. The maximum atomic E-state index is 12.0. The third-order valence-electron chi connectivity index (χ3n) is 4.46. The van der Waals surface area contributed by atoms with E-state index in [-0.39, 0.29) is 11.3 Å². The molecule has 4 nitrogen and oxygen atoms in total. The number of carbonyl (C=O) groups is 1. The third-order valence-corrected chi connectivity index (χ3v) is 4.46. The van der Waals surface area contributed by atoms with Gasteiger partial charge in [0.2, 0.25) is 5.91 Å². The summed E-state index contributed by atoms with van der Waals surface area (Å²) in [4.78, 5) is 12.0. The summed E-state index contributed by atoms with van der Waals surface area (Å²) in [6.45, 7) is 7.58. The smallest absolute Gasteiger partial charge is 0.220 e. The lowest BCUT2D eigenvalue weighted by molar-refractivity contribution is -0.122. The Morgan fingerprint density at radius 2 is 2.00 bits per heavy atom. The monoisotopic (exact) mass is 284 g/mol. The van der Waals surface area contributed by atoms with Crippen LogP contribution in [0.25, 0.3) is 0 Å². The highest BCUT2D eigenvalue weighted by molar-refractivity contribution is 5.75. The van der Waals surface area contributed by atoms with E-state index in [1.54, 1.807) is 0 Å². The lowest BCUT2D eigenvalue weighted by Gasteiger charge is -2.33. The molecule has 1 heterocycles. The van der Waals surface area contributed by atoms with Gasteiger partial charge in [0.25, 0.3) is 0 Å². The Bertz CT molecular complexity index is 270. The summed E-state index contributed by atoms with van der Waals surface area (Å²) >= 11 is 0. The lowest BCUT2D eigenvalue weighted by Crippen LogP contribution is -2.39. The zero-order valence-electron chi connectivity index (χ0n) is 13.2. The molecule has 1 aliphatic heterocycles. The van der Waals surface area contributed by atoms with Gasteiger partial charge in [-0.15, -0.1) is 0 Å². The fourth-order valence-corrected chi connectivity index (χ4v) is 2.85. The normalized spacial score (nSPS) is 19.6. The van der Waals surface area contributed by atoms with Crippen molar-refractivity contribution < 1.29 is 9.53 Å². The van der Waals surface area contributed by atoms with Gasteiger partial charge in [-0.2, -0.15) is 0 Å². The molecule has 1 atom stereocenters. The molecule has 1 unspecified atom stereocenters. The summed E-state index contributed by atoms with van der Waals surface area (Å²) in [5.41, 5.74) is 5.84. The summed E-state index contributed by atoms with van der Waals surface area (Å²) in [5.74, 6) is 0.797. The van der Waals surface area contributed by atoms with Gasteiger partial charge in [0, 0.05) is 26.2 Å². The lowest BCUT2D eigenvalue weighted by atomic mass is 9.82. The average Bonchev–Trinajstić information content (AvgIpc) is 2.44. The Morgan fingerprint density at radius 3 is 2.60 bits per heavy atom. The first-order valence-electron chi connectivity index (χ1n) is 8.14. The van der Waals surface area contributed by atoms with Crippen LogP contribution in [0.5, 0.6) is 0 Å². The highest BCUT2D eigenvalue weighted by Crippen LogP contribution is 2.28. The van der Waals surface area contributed by atoms with E-state index in [1.165, 1.54) is 12.8 Å². The first-order valence-corrected chi connectivity index (χ1v) is 8.14. The molecular formula is C16H32N2O2. The van der Waals surface area contributed by atoms with Crippen LogP contribution in [0.2, 0.25) is 0 Å². The average molecular weight is 284 g/mol. The van der Waals surface area contributed by atoms with E-state index >= 15 is 0 Å². The van der Waals surface area contributed by atoms with Crippen molar-refractivity contribution in [2.75, 3.05) is 26.3 Å². The highest BCUT2D eigenvalue weighted by Gasteiger charge is 2.27. The Balaban J connectivity index is 2.21. The molecule has 1 rings (SSSR count). The van der Waals surface area contributed by atoms with Gasteiger partial charge >= 0.3 is 0 Å². The van der Waals surface area contributed by atoms with Gasteiger partial charge in [-0.3, -0.25) is 4.79 Å². The van der Waals surface area contributed by atoms with Crippen LogP contribution in [0.15, 0.2) is 0 Å². The fraction of sp³-hybridized carbons (Fsp3) is 0.938. The van der Waals surface area contributed by atoms with Gasteiger partial charge in [0.05, 0.1) is 0 Å². The van der Waals surface area contributed by atoms with E-state index in [9.17, 15) is 4.79 Å². The van der Waals surface area contributed by atoms with Crippen molar-refractivity contribution in [1.82, 2.24) is 5.32 Å². The highest BCUT2D eigenvalue weighted by atomic mass is 16.5. The molecule has 0 aromatic heterocycles. The van der Waals surface area contributed by atoms with Crippen molar-refractivity contribution in [3.63, 3.8) is 0 Å². The van der Waals surface area contributed by atoms with Crippen molar-refractivity contribution in [3.05, 3.63) is 0 Å². The van der Waals surface area contributed by atoms with Crippen LogP contribution in [0.3, 0.4) is 0 Å². The number of amides is 1. The molecule has 1 saturated heterocycles. The molecule has 0 aromatic rings. The number of nitrogens with two attached hydrogens (primary N) is 1. The first-order chi connectivity index (χ1) is 9.59. The SMILES string of the molecule is CCCC(CCN)CCC(=O)NCC1(C)CCOCC1. The minimum Gasteiger partial charge on any atom is -0.381 e. The van der Waals surface area contributed by atoms with Crippen LogP contribution in [0, 0.1) is 11.3 Å². The van der Waals surface area contributed by atoms with Crippen LogP contribution in [-0.4, -0.2) is 32.2 Å². The minimum absolute atomic E-state index is 0.191. The topological polar surface area (TPSA) is 64.4 Å². The predicted molar refractivity (Wildman–Crippen MR) is 82.5 cm³/mol.